The molecule has 1 aliphatic heterocycles. The Kier molecular flexibility index (Phi) is 4.41. The van der Waals surface area contributed by atoms with Crippen molar-refractivity contribution >= 4 is 0 Å². The first-order valence-electron chi connectivity index (χ1n) is 7.12. The predicted molar refractivity (Wildman–Crippen MR) is 77.5 cm³/mol. The maximum atomic E-state index is 6.01. The standard InChI is InChI=1S/C16H26N2/c1-12-4-6-15(7-5-12)16(10-17)18-9-8-13(2)14(3)11-18/h4-7,13-14,16H,8-11,17H2,1-3H3. The summed E-state index contributed by atoms with van der Waals surface area (Å²) in [5, 5.41) is 0. The van der Waals surface area contributed by atoms with Crippen LogP contribution in [-0.4, -0.2) is 24.5 Å². The topological polar surface area (TPSA) is 29.3 Å². The lowest BCUT2D eigenvalue weighted by Crippen LogP contribution is -2.43. The van der Waals surface area contributed by atoms with E-state index in [1.54, 1.807) is 0 Å². The van der Waals surface area contributed by atoms with Gasteiger partial charge in [0.2, 0.25) is 0 Å². The van der Waals surface area contributed by atoms with E-state index < -0.39 is 0 Å². The Labute approximate surface area is 111 Å². The van der Waals surface area contributed by atoms with Crippen molar-refractivity contribution in [2.24, 2.45) is 17.6 Å². The van der Waals surface area contributed by atoms with Gasteiger partial charge in [-0.2, -0.15) is 0 Å². The Morgan fingerprint density at radius 2 is 1.89 bits per heavy atom. The second-order valence-electron chi connectivity index (χ2n) is 5.90. The van der Waals surface area contributed by atoms with Gasteiger partial charge in [-0.05, 0) is 37.3 Å². The van der Waals surface area contributed by atoms with E-state index in [-0.39, 0.29) is 0 Å². The summed E-state index contributed by atoms with van der Waals surface area (Å²) in [6.45, 7) is 9.93. The average Bonchev–Trinajstić information content (AvgIpc) is 2.37. The summed E-state index contributed by atoms with van der Waals surface area (Å²) in [7, 11) is 0. The number of hydrogen-bond donors (Lipinski definition) is 1. The smallest absolute Gasteiger partial charge is 0.0470 e. The fourth-order valence-electron chi connectivity index (χ4n) is 2.86. The van der Waals surface area contributed by atoms with Crippen LogP contribution in [0, 0.1) is 18.8 Å². The quantitative estimate of drug-likeness (QED) is 0.888. The molecule has 1 aromatic carbocycles. The van der Waals surface area contributed by atoms with Crippen molar-refractivity contribution in [1.82, 2.24) is 4.90 Å². The van der Waals surface area contributed by atoms with Crippen molar-refractivity contribution in [2.45, 2.75) is 33.2 Å². The highest BCUT2D eigenvalue weighted by Gasteiger charge is 2.27. The molecule has 0 saturated carbocycles. The normalized spacial score (nSPS) is 27.1. The number of hydrogen-bond acceptors (Lipinski definition) is 2. The van der Waals surface area contributed by atoms with Crippen LogP contribution in [0.5, 0.6) is 0 Å². The van der Waals surface area contributed by atoms with E-state index in [1.807, 2.05) is 0 Å². The third kappa shape index (κ3) is 2.93. The zero-order valence-corrected chi connectivity index (χ0v) is 11.9. The minimum Gasteiger partial charge on any atom is -0.329 e. The minimum atomic E-state index is 0.389. The van der Waals surface area contributed by atoms with Gasteiger partial charge in [0.05, 0.1) is 0 Å². The minimum absolute atomic E-state index is 0.389. The van der Waals surface area contributed by atoms with Gasteiger partial charge in [-0.1, -0.05) is 43.7 Å². The molecule has 0 amide bonds. The number of aryl methyl sites for hydroxylation is 1. The van der Waals surface area contributed by atoms with Crippen LogP contribution in [0.3, 0.4) is 0 Å². The van der Waals surface area contributed by atoms with Gasteiger partial charge in [0.1, 0.15) is 0 Å². The molecular weight excluding hydrogens is 220 g/mol. The molecule has 3 atom stereocenters. The molecule has 1 fully saturated rings. The van der Waals surface area contributed by atoms with E-state index in [4.69, 9.17) is 5.73 Å². The molecule has 0 aliphatic carbocycles. The van der Waals surface area contributed by atoms with Gasteiger partial charge in [0, 0.05) is 19.1 Å². The Morgan fingerprint density at radius 1 is 1.22 bits per heavy atom. The monoisotopic (exact) mass is 246 g/mol. The lowest BCUT2D eigenvalue weighted by molar-refractivity contribution is 0.0983. The zero-order chi connectivity index (χ0) is 13.1. The molecule has 2 rings (SSSR count). The van der Waals surface area contributed by atoms with E-state index in [1.165, 1.54) is 30.6 Å². The fourth-order valence-corrected chi connectivity index (χ4v) is 2.86. The summed E-state index contributed by atoms with van der Waals surface area (Å²) < 4.78 is 0. The summed E-state index contributed by atoms with van der Waals surface area (Å²) in [5.41, 5.74) is 8.69. The number of benzene rings is 1. The van der Waals surface area contributed by atoms with Crippen LogP contribution >= 0.6 is 0 Å². The first-order chi connectivity index (χ1) is 8.61. The van der Waals surface area contributed by atoms with Crippen molar-refractivity contribution in [3.63, 3.8) is 0 Å². The molecule has 0 aromatic heterocycles. The van der Waals surface area contributed by atoms with E-state index in [0.717, 1.165) is 11.8 Å². The summed E-state index contributed by atoms with van der Waals surface area (Å²) in [6, 6.07) is 9.23. The summed E-state index contributed by atoms with van der Waals surface area (Å²) in [6.07, 6.45) is 1.30. The molecule has 18 heavy (non-hydrogen) atoms. The van der Waals surface area contributed by atoms with Crippen molar-refractivity contribution < 1.29 is 0 Å². The van der Waals surface area contributed by atoms with E-state index in [2.05, 4.69) is 49.9 Å². The van der Waals surface area contributed by atoms with Crippen LogP contribution in [-0.2, 0) is 0 Å². The van der Waals surface area contributed by atoms with E-state index in [9.17, 15) is 0 Å². The first kappa shape index (κ1) is 13.6. The largest absolute Gasteiger partial charge is 0.329 e. The molecule has 2 nitrogen and oxygen atoms in total. The number of likely N-dealkylation sites (tertiary alicyclic amines) is 1. The Morgan fingerprint density at radius 3 is 2.44 bits per heavy atom. The molecule has 1 aromatic rings. The van der Waals surface area contributed by atoms with Gasteiger partial charge in [-0.3, -0.25) is 4.90 Å². The van der Waals surface area contributed by atoms with Crippen LogP contribution in [0.4, 0.5) is 0 Å². The number of nitrogens with two attached hydrogens (primary N) is 1. The van der Waals surface area contributed by atoms with Gasteiger partial charge in [0.15, 0.2) is 0 Å². The highest BCUT2D eigenvalue weighted by molar-refractivity contribution is 5.24. The molecule has 1 aliphatic rings. The highest BCUT2D eigenvalue weighted by atomic mass is 15.2. The third-order valence-corrected chi connectivity index (χ3v) is 4.49. The molecule has 100 valence electrons. The molecule has 2 heteroatoms. The van der Waals surface area contributed by atoms with Gasteiger partial charge >= 0.3 is 0 Å². The molecule has 0 radical (unpaired) electrons. The van der Waals surface area contributed by atoms with Crippen molar-refractivity contribution in [1.29, 1.82) is 0 Å². The van der Waals surface area contributed by atoms with E-state index in [0.29, 0.717) is 12.6 Å². The lowest BCUT2D eigenvalue weighted by Gasteiger charge is -2.40. The Hall–Kier alpha value is -0.860. The van der Waals surface area contributed by atoms with Gasteiger partial charge in [-0.25, -0.2) is 0 Å². The zero-order valence-electron chi connectivity index (χ0n) is 11.9. The van der Waals surface area contributed by atoms with Gasteiger partial charge in [0.25, 0.3) is 0 Å². The summed E-state index contributed by atoms with van der Waals surface area (Å²) in [5.74, 6) is 1.62. The van der Waals surface area contributed by atoms with Crippen molar-refractivity contribution in [2.75, 3.05) is 19.6 Å². The number of nitrogens with zero attached hydrogens (tertiary/aromatic N) is 1. The molecule has 1 heterocycles. The van der Waals surface area contributed by atoms with Crippen LogP contribution < -0.4 is 5.73 Å². The lowest BCUT2D eigenvalue weighted by atomic mass is 9.87. The first-order valence-corrected chi connectivity index (χ1v) is 7.12. The van der Waals surface area contributed by atoms with Gasteiger partial charge in [-0.15, -0.1) is 0 Å². The Bertz CT molecular complexity index is 371. The maximum Gasteiger partial charge on any atom is 0.0470 e. The van der Waals surface area contributed by atoms with Crippen LogP contribution in [0.1, 0.15) is 37.4 Å². The summed E-state index contributed by atoms with van der Waals surface area (Å²) >= 11 is 0. The number of rotatable bonds is 3. The number of piperidine rings is 1. The second kappa shape index (κ2) is 5.85. The molecule has 1 saturated heterocycles. The average molecular weight is 246 g/mol. The Balaban J connectivity index is 2.11. The molecule has 3 unspecified atom stereocenters. The second-order valence-corrected chi connectivity index (χ2v) is 5.90. The van der Waals surface area contributed by atoms with Crippen LogP contribution in [0.25, 0.3) is 0 Å². The molecule has 2 N–H and O–H groups in total. The maximum absolute atomic E-state index is 6.01. The van der Waals surface area contributed by atoms with Gasteiger partial charge < -0.3 is 5.73 Å². The predicted octanol–water partition coefficient (Wildman–Crippen LogP) is 2.97. The molecular formula is C16H26N2. The SMILES string of the molecule is Cc1ccc(C(CN)N2CCC(C)C(C)C2)cc1. The molecule has 0 bridgehead atoms. The fraction of sp³-hybridized carbons (Fsp3) is 0.625. The molecule has 0 spiro atoms. The van der Waals surface area contributed by atoms with E-state index >= 15 is 0 Å². The van der Waals surface area contributed by atoms with Crippen LogP contribution in [0.2, 0.25) is 0 Å². The van der Waals surface area contributed by atoms with Crippen molar-refractivity contribution in [3.8, 4) is 0 Å². The highest BCUT2D eigenvalue weighted by Crippen LogP contribution is 2.29. The van der Waals surface area contributed by atoms with Crippen molar-refractivity contribution in [3.05, 3.63) is 35.4 Å². The van der Waals surface area contributed by atoms with Crippen LogP contribution in [0.15, 0.2) is 24.3 Å². The third-order valence-electron chi connectivity index (χ3n) is 4.49. The summed E-state index contributed by atoms with van der Waals surface area (Å²) in [4.78, 5) is 2.56.